The predicted molar refractivity (Wildman–Crippen MR) is 84.2 cm³/mol. The minimum atomic E-state index is -0.111. The molecule has 2 nitrogen and oxygen atoms in total. The minimum absolute atomic E-state index is 0.111. The molecule has 1 atom stereocenters. The summed E-state index contributed by atoms with van der Waals surface area (Å²) in [6.07, 6.45) is 0. The van der Waals surface area contributed by atoms with Crippen LogP contribution in [-0.2, 0) is 0 Å². The van der Waals surface area contributed by atoms with Crippen molar-refractivity contribution in [3.8, 4) is 0 Å². The molecule has 2 aromatic rings. The number of halogens is 2. The second kappa shape index (κ2) is 6.06. The molecule has 100 valence electrons. The van der Waals surface area contributed by atoms with Gasteiger partial charge in [-0.05, 0) is 48.2 Å². The summed E-state index contributed by atoms with van der Waals surface area (Å²) in [5, 5.41) is 0.690. The molecule has 4 heteroatoms. The molecule has 0 saturated carbocycles. The molecule has 2 aromatic carbocycles. The lowest BCUT2D eigenvalue weighted by Crippen LogP contribution is -2.29. The first-order chi connectivity index (χ1) is 9.02. The van der Waals surface area contributed by atoms with Gasteiger partial charge in [-0.2, -0.15) is 0 Å². The summed E-state index contributed by atoms with van der Waals surface area (Å²) in [6.45, 7) is 4.19. The van der Waals surface area contributed by atoms with Crippen LogP contribution in [0.25, 0.3) is 0 Å². The summed E-state index contributed by atoms with van der Waals surface area (Å²) in [6, 6.07) is 12.0. The molecule has 1 unspecified atom stereocenters. The van der Waals surface area contributed by atoms with Gasteiger partial charge in [-0.3, -0.25) is 5.84 Å². The lowest BCUT2D eigenvalue weighted by molar-refractivity contribution is 0.636. The third-order valence-electron chi connectivity index (χ3n) is 3.30. The van der Waals surface area contributed by atoms with Gasteiger partial charge in [0.15, 0.2) is 0 Å². The molecule has 0 aliphatic heterocycles. The van der Waals surface area contributed by atoms with Gasteiger partial charge in [0.25, 0.3) is 0 Å². The number of hydrogen-bond acceptors (Lipinski definition) is 2. The van der Waals surface area contributed by atoms with Crippen molar-refractivity contribution in [2.75, 3.05) is 0 Å². The summed E-state index contributed by atoms with van der Waals surface area (Å²) in [5.41, 5.74) is 7.42. The first-order valence-electron chi connectivity index (χ1n) is 6.01. The highest BCUT2D eigenvalue weighted by atomic mass is 79.9. The molecule has 0 aromatic heterocycles. The maximum atomic E-state index is 6.30. The zero-order valence-corrected chi connectivity index (χ0v) is 13.2. The van der Waals surface area contributed by atoms with Crippen LogP contribution in [0.4, 0.5) is 0 Å². The fraction of sp³-hybridized carbons (Fsp3) is 0.200. The van der Waals surface area contributed by atoms with Gasteiger partial charge in [-0.15, -0.1) is 0 Å². The van der Waals surface area contributed by atoms with Crippen molar-refractivity contribution in [2.24, 2.45) is 5.84 Å². The van der Waals surface area contributed by atoms with Crippen LogP contribution in [-0.4, -0.2) is 0 Å². The SMILES string of the molecule is Cc1ccc(C(NN)c2ccc(Br)cc2Cl)cc1C. The van der Waals surface area contributed by atoms with Crippen LogP contribution in [0.2, 0.25) is 5.02 Å². The van der Waals surface area contributed by atoms with E-state index in [1.807, 2.05) is 18.2 Å². The molecule has 0 saturated heterocycles. The molecule has 3 N–H and O–H groups in total. The van der Waals surface area contributed by atoms with Crippen LogP contribution in [0.5, 0.6) is 0 Å². The average molecular weight is 340 g/mol. The van der Waals surface area contributed by atoms with Crippen molar-refractivity contribution in [3.05, 3.63) is 68.1 Å². The molecule has 19 heavy (non-hydrogen) atoms. The molecular formula is C15H16BrClN2. The van der Waals surface area contributed by atoms with Crippen molar-refractivity contribution < 1.29 is 0 Å². The smallest absolute Gasteiger partial charge is 0.0724 e. The van der Waals surface area contributed by atoms with Gasteiger partial charge >= 0.3 is 0 Å². The zero-order valence-electron chi connectivity index (χ0n) is 10.9. The lowest BCUT2D eigenvalue weighted by Gasteiger charge is -2.19. The standard InChI is InChI=1S/C15H16BrClN2/c1-9-3-4-11(7-10(9)2)15(19-18)13-6-5-12(16)8-14(13)17/h3-8,15,19H,18H2,1-2H3. The summed E-state index contributed by atoms with van der Waals surface area (Å²) in [5.74, 6) is 5.71. The van der Waals surface area contributed by atoms with Gasteiger partial charge in [0, 0.05) is 9.50 Å². The Hall–Kier alpha value is -0.870. The van der Waals surface area contributed by atoms with Gasteiger partial charge in [0.2, 0.25) is 0 Å². The molecule has 0 radical (unpaired) electrons. The Morgan fingerprint density at radius 3 is 2.42 bits per heavy atom. The Bertz CT molecular complexity index is 599. The summed E-state index contributed by atoms with van der Waals surface area (Å²) < 4.78 is 0.956. The number of benzene rings is 2. The first kappa shape index (κ1) is 14.5. The van der Waals surface area contributed by atoms with E-state index in [9.17, 15) is 0 Å². The van der Waals surface area contributed by atoms with Gasteiger partial charge in [0.05, 0.1) is 6.04 Å². The van der Waals surface area contributed by atoms with Crippen LogP contribution in [0.3, 0.4) is 0 Å². The second-order valence-electron chi connectivity index (χ2n) is 4.61. The number of nitrogens with two attached hydrogens (primary N) is 1. The molecule has 0 amide bonds. The van der Waals surface area contributed by atoms with E-state index in [4.69, 9.17) is 17.4 Å². The number of nitrogens with one attached hydrogen (secondary N) is 1. The summed E-state index contributed by atoms with van der Waals surface area (Å²) in [7, 11) is 0. The molecule has 0 fully saturated rings. The first-order valence-corrected chi connectivity index (χ1v) is 7.18. The number of aryl methyl sites for hydroxylation is 2. The maximum absolute atomic E-state index is 6.30. The van der Waals surface area contributed by atoms with Gasteiger partial charge in [0.1, 0.15) is 0 Å². The fourth-order valence-corrected chi connectivity index (χ4v) is 2.83. The average Bonchev–Trinajstić information content (AvgIpc) is 2.37. The third kappa shape index (κ3) is 3.18. The third-order valence-corrected chi connectivity index (χ3v) is 4.13. The van der Waals surface area contributed by atoms with Crippen LogP contribution in [0, 0.1) is 13.8 Å². The molecule has 0 aliphatic carbocycles. The van der Waals surface area contributed by atoms with E-state index in [2.05, 4.69) is 53.4 Å². The molecule has 0 spiro atoms. The second-order valence-corrected chi connectivity index (χ2v) is 5.93. The molecule has 0 bridgehead atoms. The zero-order chi connectivity index (χ0) is 14.0. The van der Waals surface area contributed by atoms with E-state index >= 15 is 0 Å². The Kier molecular flexibility index (Phi) is 4.63. The highest BCUT2D eigenvalue weighted by Crippen LogP contribution is 2.30. The van der Waals surface area contributed by atoms with E-state index in [1.54, 1.807) is 0 Å². The van der Waals surface area contributed by atoms with Crippen LogP contribution in [0.1, 0.15) is 28.3 Å². The number of rotatable bonds is 3. The molecule has 2 rings (SSSR count). The Labute approximate surface area is 127 Å². The van der Waals surface area contributed by atoms with Crippen molar-refractivity contribution >= 4 is 27.5 Å². The predicted octanol–water partition coefficient (Wildman–Crippen LogP) is 4.27. The summed E-state index contributed by atoms with van der Waals surface area (Å²) >= 11 is 9.71. The normalized spacial score (nSPS) is 12.5. The van der Waals surface area contributed by atoms with Crippen molar-refractivity contribution in [3.63, 3.8) is 0 Å². The Morgan fingerprint density at radius 1 is 1.11 bits per heavy atom. The van der Waals surface area contributed by atoms with Crippen molar-refractivity contribution in [2.45, 2.75) is 19.9 Å². The molecular weight excluding hydrogens is 324 g/mol. The maximum Gasteiger partial charge on any atom is 0.0724 e. The van der Waals surface area contributed by atoms with Gasteiger partial charge in [-0.1, -0.05) is 51.8 Å². The number of hydrogen-bond donors (Lipinski definition) is 2. The quantitative estimate of drug-likeness (QED) is 0.647. The van der Waals surface area contributed by atoms with Crippen LogP contribution < -0.4 is 11.3 Å². The van der Waals surface area contributed by atoms with Crippen molar-refractivity contribution in [1.82, 2.24) is 5.43 Å². The molecule has 0 aliphatic rings. The number of hydrazine groups is 1. The molecule has 0 heterocycles. The van der Waals surface area contributed by atoms with Crippen molar-refractivity contribution in [1.29, 1.82) is 0 Å². The van der Waals surface area contributed by atoms with E-state index in [-0.39, 0.29) is 6.04 Å². The minimum Gasteiger partial charge on any atom is -0.271 e. The Morgan fingerprint density at radius 2 is 1.84 bits per heavy atom. The van der Waals surface area contributed by atoms with E-state index in [0.29, 0.717) is 5.02 Å². The van der Waals surface area contributed by atoms with E-state index in [0.717, 1.165) is 15.6 Å². The van der Waals surface area contributed by atoms with Gasteiger partial charge in [-0.25, -0.2) is 5.43 Å². The Balaban J connectivity index is 2.46. The van der Waals surface area contributed by atoms with Crippen LogP contribution >= 0.6 is 27.5 Å². The van der Waals surface area contributed by atoms with Gasteiger partial charge < -0.3 is 0 Å². The highest BCUT2D eigenvalue weighted by Gasteiger charge is 2.16. The highest BCUT2D eigenvalue weighted by molar-refractivity contribution is 9.10. The largest absolute Gasteiger partial charge is 0.271 e. The van der Waals surface area contributed by atoms with E-state index in [1.165, 1.54) is 11.1 Å². The van der Waals surface area contributed by atoms with E-state index < -0.39 is 0 Å². The fourth-order valence-electron chi connectivity index (χ4n) is 2.05. The topological polar surface area (TPSA) is 38.0 Å². The van der Waals surface area contributed by atoms with Crippen LogP contribution in [0.15, 0.2) is 40.9 Å². The summed E-state index contributed by atoms with van der Waals surface area (Å²) in [4.78, 5) is 0. The lowest BCUT2D eigenvalue weighted by atomic mass is 9.96. The monoisotopic (exact) mass is 338 g/mol.